The molecule has 0 fully saturated rings. The van der Waals surface area contributed by atoms with E-state index < -0.39 is 0 Å². The smallest absolute Gasteiger partial charge is 0.230 e. The molecular formula is C17H20FN3O. The summed E-state index contributed by atoms with van der Waals surface area (Å²) in [5.41, 5.74) is 1.27. The zero-order valence-electron chi connectivity index (χ0n) is 12.8. The van der Waals surface area contributed by atoms with Gasteiger partial charge in [0.05, 0.1) is 18.3 Å². The fourth-order valence-electron chi connectivity index (χ4n) is 1.90. The summed E-state index contributed by atoms with van der Waals surface area (Å²) in [5, 5.41) is 5.91. The molecule has 0 radical (unpaired) electrons. The van der Waals surface area contributed by atoms with Crippen molar-refractivity contribution in [3.8, 4) is 0 Å². The minimum Gasteiger partial charge on any atom is -0.384 e. The Kier molecular flexibility index (Phi) is 5.47. The number of rotatable bonds is 6. The number of hydrogen-bond acceptors (Lipinski definition) is 3. The first-order valence-corrected chi connectivity index (χ1v) is 7.28. The Morgan fingerprint density at radius 1 is 1.23 bits per heavy atom. The van der Waals surface area contributed by atoms with Crippen LogP contribution in [0.3, 0.4) is 0 Å². The van der Waals surface area contributed by atoms with Crippen molar-refractivity contribution in [1.29, 1.82) is 0 Å². The monoisotopic (exact) mass is 301 g/mol. The van der Waals surface area contributed by atoms with E-state index in [1.54, 1.807) is 30.5 Å². The second-order valence-electron chi connectivity index (χ2n) is 5.52. The van der Waals surface area contributed by atoms with Crippen molar-refractivity contribution in [1.82, 2.24) is 4.98 Å². The zero-order chi connectivity index (χ0) is 15.9. The average molecular weight is 301 g/mol. The van der Waals surface area contributed by atoms with Gasteiger partial charge in [0.1, 0.15) is 11.6 Å². The molecule has 1 amide bonds. The predicted octanol–water partition coefficient (Wildman–Crippen LogP) is 3.47. The Balaban J connectivity index is 1.90. The molecule has 0 bridgehead atoms. The number of benzene rings is 1. The third-order valence-corrected chi connectivity index (χ3v) is 3.05. The summed E-state index contributed by atoms with van der Waals surface area (Å²) in [6, 6.07) is 9.83. The van der Waals surface area contributed by atoms with Crippen LogP contribution in [0.2, 0.25) is 0 Å². The van der Waals surface area contributed by atoms with Gasteiger partial charge in [-0.2, -0.15) is 0 Å². The molecule has 0 unspecified atom stereocenters. The molecule has 0 aliphatic rings. The lowest BCUT2D eigenvalue weighted by molar-refractivity contribution is -0.115. The summed E-state index contributed by atoms with van der Waals surface area (Å²) in [7, 11) is 0. The Bertz CT molecular complexity index is 626. The second kappa shape index (κ2) is 7.54. The first-order chi connectivity index (χ1) is 10.5. The molecule has 116 valence electrons. The van der Waals surface area contributed by atoms with Crippen LogP contribution in [-0.2, 0) is 11.2 Å². The van der Waals surface area contributed by atoms with Crippen molar-refractivity contribution in [3.05, 3.63) is 54.0 Å². The minimum atomic E-state index is -0.376. The largest absolute Gasteiger partial charge is 0.384 e. The van der Waals surface area contributed by atoms with Crippen molar-refractivity contribution >= 4 is 17.4 Å². The van der Waals surface area contributed by atoms with Gasteiger partial charge in [-0.25, -0.2) is 9.37 Å². The molecule has 0 atom stereocenters. The lowest BCUT2D eigenvalue weighted by Crippen LogP contribution is -2.16. The fourth-order valence-corrected chi connectivity index (χ4v) is 1.90. The number of aromatic nitrogens is 1. The van der Waals surface area contributed by atoms with Gasteiger partial charge in [-0.3, -0.25) is 4.79 Å². The minimum absolute atomic E-state index is 0.0122. The van der Waals surface area contributed by atoms with Crippen LogP contribution in [0.5, 0.6) is 0 Å². The molecule has 1 heterocycles. The molecular weight excluding hydrogens is 281 g/mol. The van der Waals surface area contributed by atoms with Gasteiger partial charge in [0.15, 0.2) is 0 Å². The molecule has 1 aromatic carbocycles. The van der Waals surface area contributed by atoms with Gasteiger partial charge in [-0.05, 0) is 29.7 Å². The van der Waals surface area contributed by atoms with Crippen molar-refractivity contribution in [2.24, 2.45) is 5.92 Å². The number of nitrogens with zero attached hydrogens (tertiary/aromatic N) is 1. The van der Waals surface area contributed by atoms with E-state index in [1.165, 1.54) is 6.07 Å². The third kappa shape index (κ3) is 4.84. The van der Waals surface area contributed by atoms with Crippen molar-refractivity contribution < 1.29 is 9.18 Å². The molecule has 0 aliphatic heterocycles. The lowest BCUT2D eigenvalue weighted by Gasteiger charge is -2.09. The van der Waals surface area contributed by atoms with Crippen molar-refractivity contribution in [2.75, 3.05) is 17.2 Å². The highest BCUT2D eigenvalue weighted by Crippen LogP contribution is 2.12. The van der Waals surface area contributed by atoms with Crippen LogP contribution in [0.4, 0.5) is 15.9 Å². The van der Waals surface area contributed by atoms with Gasteiger partial charge in [-0.1, -0.05) is 32.0 Å². The fraction of sp³-hybridized carbons (Fsp3) is 0.294. The van der Waals surface area contributed by atoms with Gasteiger partial charge in [0, 0.05) is 6.54 Å². The Morgan fingerprint density at radius 2 is 2.00 bits per heavy atom. The van der Waals surface area contributed by atoms with Crippen LogP contribution in [0, 0.1) is 11.7 Å². The highest BCUT2D eigenvalue weighted by Gasteiger charge is 2.08. The summed E-state index contributed by atoms with van der Waals surface area (Å²) in [6.07, 6.45) is 1.66. The Morgan fingerprint density at radius 3 is 2.64 bits per heavy atom. The van der Waals surface area contributed by atoms with E-state index in [-0.39, 0.29) is 18.1 Å². The van der Waals surface area contributed by atoms with E-state index in [0.29, 0.717) is 17.3 Å². The van der Waals surface area contributed by atoms with E-state index in [9.17, 15) is 9.18 Å². The molecule has 0 saturated carbocycles. The number of nitrogens with one attached hydrogen (secondary N) is 2. The number of amides is 1. The van der Waals surface area contributed by atoms with Crippen LogP contribution in [0.1, 0.15) is 19.4 Å². The number of hydrogen-bond donors (Lipinski definition) is 2. The highest BCUT2D eigenvalue weighted by atomic mass is 19.1. The van der Waals surface area contributed by atoms with Crippen LogP contribution >= 0.6 is 0 Å². The molecule has 0 saturated heterocycles. The van der Waals surface area contributed by atoms with Crippen LogP contribution < -0.4 is 10.6 Å². The lowest BCUT2D eigenvalue weighted by atomic mass is 10.1. The Labute approximate surface area is 129 Å². The topological polar surface area (TPSA) is 54.0 Å². The number of halogens is 1. The maximum Gasteiger partial charge on any atom is 0.230 e. The number of carbonyl (C=O) groups is 1. The van der Waals surface area contributed by atoms with Crippen molar-refractivity contribution in [2.45, 2.75) is 20.3 Å². The van der Waals surface area contributed by atoms with E-state index in [1.807, 2.05) is 6.07 Å². The van der Waals surface area contributed by atoms with E-state index in [2.05, 4.69) is 29.5 Å². The number of carbonyl (C=O) groups excluding carboxylic acids is 1. The summed E-state index contributed by atoms with van der Waals surface area (Å²) < 4.78 is 13.5. The normalized spacial score (nSPS) is 10.5. The quantitative estimate of drug-likeness (QED) is 0.859. The third-order valence-electron chi connectivity index (χ3n) is 3.05. The molecule has 1 aromatic heterocycles. The molecule has 22 heavy (non-hydrogen) atoms. The molecule has 0 spiro atoms. The SMILES string of the molecule is CC(C)CNc1ccc(NC(=O)Cc2ccccc2F)nc1. The first kappa shape index (κ1) is 15.9. The van der Waals surface area contributed by atoms with Gasteiger partial charge < -0.3 is 10.6 Å². The molecule has 5 heteroatoms. The number of pyridine rings is 1. The molecule has 2 rings (SSSR count). The zero-order valence-corrected chi connectivity index (χ0v) is 12.8. The highest BCUT2D eigenvalue weighted by molar-refractivity contribution is 5.91. The molecule has 4 nitrogen and oxygen atoms in total. The van der Waals surface area contributed by atoms with Gasteiger partial charge in [0.2, 0.25) is 5.91 Å². The maximum atomic E-state index is 13.5. The van der Waals surface area contributed by atoms with Gasteiger partial charge in [-0.15, -0.1) is 0 Å². The van der Waals surface area contributed by atoms with E-state index in [0.717, 1.165) is 12.2 Å². The predicted molar refractivity (Wildman–Crippen MR) is 86.3 cm³/mol. The first-order valence-electron chi connectivity index (χ1n) is 7.28. The summed E-state index contributed by atoms with van der Waals surface area (Å²) in [6.45, 7) is 5.11. The standard InChI is InChI=1S/C17H20FN3O/c1-12(2)10-19-14-7-8-16(20-11-14)21-17(22)9-13-5-3-4-6-15(13)18/h3-8,11-12,19H,9-10H2,1-2H3,(H,20,21,22). The Hall–Kier alpha value is -2.43. The molecule has 2 N–H and O–H groups in total. The molecule has 2 aromatic rings. The van der Waals surface area contributed by atoms with E-state index >= 15 is 0 Å². The van der Waals surface area contributed by atoms with Crippen LogP contribution in [0.15, 0.2) is 42.6 Å². The van der Waals surface area contributed by atoms with Gasteiger partial charge in [0.25, 0.3) is 0 Å². The summed E-state index contributed by atoms with van der Waals surface area (Å²) >= 11 is 0. The van der Waals surface area contributed by atoms with Crippen molar-refractivity contribution in [3.63, 3.8) is 0 Å². The summed E-state index contributed by atoms with van der Waals surface area (Å²) in [5.74, 6) is 0.330. The van der Waals surface area contributed by atoms with Crippen LogP contribution in [-0.4, -0.2) is 17.4 Å². The van der Waals surface area contributed by atoms with E-state index in [4.69, 9.17) is 0 Å². The van der Waals surface area contributed by atoms with Gasteiger partial charge >= 0.3 is 0 Å². The summed E-state index contributed by atoms with van der Waals surface area (Å²) in [4.78, 5) is 16.1. The molecule has 0 aliphatic carbocycles. The maximum absolute atomic E-state index is 13.5. The van der Waals surface area contributed by atoms with Crippen LogP contribution in [0.25, 0.3) is 0 Å². The number of anilines is 2. The second-order valence-corrected chi connectivity index (χ2v) is 5.52. The average Bonchev–Trinajstić information content (AvgIpc) is 2.49.